The first kappa shape index (κ1) is 20.3. The molecule has 0 atom stereocenters. The number of pyridine rings is 1. The number of anilines is 1. The molecule has 1 amide bonds. The van der Waals surface area contributed by atoms with Gasteiger partial charge in [0.1, 0.15) is 0 Å². The molecule has 0 bridgehead atoms. The van der Waals surface area contributed by atoms with Crippen LogP contribution in [0, 0.1) is 0 Å². The van der Waals surface area contributed by atoms with Crippen LogP contribution in [0.1, 0.15) is 29.6 Å². The second-order valence-corrected chi connectivity index (χ2v) is 6.31. The van der Waals surface area contributed by atoms with Crippen LogP contribution < -0.4 is 20.5 Å². The maximum Gasteiger partial charge on any atom is 0.255 e. The van der Waals surface area contributed by atoms with Crippen molar-refractivity contribution in [3.05, 3.63) is 46.2 Å². The lowest BCUT2D eigenvalue weighted by atomic mass is 10.2. The van der Waals surface area contributed by atoms with Crippen molar-refractivity contribution in [3.63, 3.8) is 0 Å². The predicted octanol–water partition coefficient (Wildman–Crippen LogP) is 4.16. The molecule has 6 nitrogen and oxygen atoms in total. The van der Waals surface area contributed by atoms with Crippen molar-refractivity contribution in [2.45, 2.75) is 19.3 Å². The van der Waals surface area contributed by atoms with E-state index < -0.39 is 0 Å². The Balaban J connectivity index is 2.11. The normalized spacial score (nSPS) is 10.5. The molecular weight excluding hydrogens is 377 g/mol. The Morgan fingerprint density at radius 2 is 1.88 bits per heavy atom. The summed E-state index contributed by atoms with van der Waals surface area (Å²) in [5.41, 5.74) is 6.19. The summed E-state index contributed by atoms with van der Waals surface area (Å²) >= 11 is 12.1. The summed E-state index contributed by atoms with van der Waals surface area (Å²) in [5.74, 6) is 0.691. The largest absolute Gasteiger partial charge is 0.493 e. The fourth-order valence-electron chi connectivity index (χ4n) is 2.25. The third-order valence-electron chi connectivity index (χ3n) is 3.62. The number of benzene rings is 1. The number of nitrogens with two attached hydrogens (primary N) is 1. The lowest BCUT2D eigenvalue weighted by Crippen LogP contribution is -2.13. The molecule has 0 saturated carbocycles. The summed E-state index contributed by atoms with van der Waals surface area (Å²) in [4.78, 5) is 16.4. The lowest BCUT2D eigenvalue weighted by molar-refractivity contribution is 0.102. The number of aromatic nitrogens is 1. The fourth-order valence-corrected chi connectivity index (χ4v) is 2.71. The molecule has 0 aliphatic rings. The van der Waals surface area contributed by atoms with Crippen LogP contribution in [0.2, 0.25) is 10.0 Å². The first-order valence-electron chi connectivity index (χ1n) is 8.18. The number of carbonyl (C=O) groups is 1. The second-order valence-electron chi connectivity index (χ2n) is 5.50. The van der Waals surface area contributed by atoms with Gasteiger partial charge in [-0.3, -0.25) is 9.78 Å². The van der Waals surface area contributed by atoms with E-state index in [9.17, 15) is 4.79 Å². The van der Waals surface area contributed by atoms with E-state index in [1.807, 2.05) is 0 Å². The Bertz CT molecular complexity index is 736. The van der Waals surface area contributed by atoms with Crippen molar-refractivity contribution in [2.24, 2.45) is 5.73 Å². The van der Waals surface area contributed by atoms with Crippen LogP contribution in [0.4, 0.5) is 5.69 Å². The number of carbonyl (C=O) groups excluding carboxylic acids is 1. The Labute approximate surface area is 162 Å². The fraction of sp³-hybridized carbons (Fsp3) is 0.333. The third-order valence-corrected chi connectivity index (χ3v) is 4.20. The van der Waals surface area contributed by atoms with Crippen molar-refractivity contribution in [1.29, 1.82) is 0 Å². The van der Waals surface area contributed by atoms with Gasteiger partial charge in [0.2, 0.25) is 0 Å². The minimum atomic E-state index is -0.365. The summed E-state index contributed by atoms with van der Waals surface area (Å²) in [6.07, 6.45) is 5.63. The van der Waals surface area contributed by atoms with Crippen LogP contribution in [0.25, 0.3) is 0 Å². The highest BCUT2D eigenvalue weighted by molar-refractivity contribution is 6.39. The van der Waals surface area contributed by atoms with E-state index in [4.69, 9.17) is 38.4 Å². The number of methoxy groups -OCH3 is 1. The topological polar surface area (TPSA) is 86.5 Å². The second kappa shape index (κ2) is 10.2. The van der Waals surface area contributed by atoms with Crippen molar-refractivity contribution in [2.75, 3.05) is 25.6 Å². The van der Waals surface area contributed by atoms with Gasteiger partial charge in [0.25, 0.3) is 5.91 Å². The average molecular weight is 398 g/mol. The Hall–Kier alpha value is -2.02. The van der Waals surface area contributed by atoms with Gasteiger partial charge in [-0.1, -0.05) is 23.2 Å². The number of halogens is 2. The van der Waals surface area contributed by atoms with E-state index >= 15 is 0 Å². The van der Waals surface area contributed by atoms with E-state index in [0.29, 0.717) is 35.9 Å². The standard InChI is InChI=1S/C18H21Cl2N3O3/c1-25-15-6-5-12(9-16(15)26-8-4-2-3-7-21)18(24)23-17-13(19)10-22-11-14(17)20/h5-6,9-11H,2-4,7-8,21H2,1H3,(H,22,23,24). The maximum atomic E-state index is 12.5. The molecule has 0 fully saturated rings. The molecule has 0 aliphatic heterocycles. The number of nitrogens with one attached hydrogen (secondary N) is 1. The molecule has 8 heteroatoms. The van der Waals surface area contributed by atoms with Crippen molar-refractivity contribution in [3.8, 4) is 11.5 Å². The number of amides is 1. The molecule has 0 spiro atoms. The summed E-state index contributed by atoms with van der Waals surface area (Å²) < 4.78 is 11.0. The quantitative estimate of drug-likeness (QED) is 0.620. The van der Waals surface area contributed by atoms with Crippen LogP contribution in [0.15, 0.2) is 30.6 Å². The summed E-state index contributed by atoms with van der Waals surface area (Å²) in [7, 11) is 1.55. The van der Waals surface area contributed by atoms with Crippen molar-refractivity contribution >= 4 is 34.8 Å². The van der Waals surface area contributed by atoms with Gasteiger partial charge in [0.15, 0.2) is 11.5 Å². The number of unbranched alkanes of at least 4 members (excludes halogenated alkanes) is 2. The minimum absolute atomic E-state index is 0.260. The Kier molecular flexibility index (Phi) is 7.97. The molecule has 2 rings (SSSR count). The molecule has 0 radical (unpaired) electrons. The van der Waals surface area contributed by atoms with Crippen molar-refractivity contribution in [1.82, 2.24) is 4.98 Å². The van der Waals surface area contributed by atoms with Gasteiger partial charge < -0.3 is 20.5 Å². The zero-order valence-corrected chi connectivity index (χ0v) is 15.9. The van der Waals surface area contributed by atoms with Crippen LogP contribution in [0.5, 0.6) is 11.5 Å². The molecule has 26 heavy (non-hydrogen) atoms. The molecule has 1 heterocycles. The minimum Gasteiger partial charge on any atom is -0.493 e. The van der Waals surface area contributed by atoms with Gasteiger partial charge in [0.05, 0.1) is 29.4 Å². The van der Waals surface area contributed by atoms with Gasteiger partial charge in [-0.2, -0.15) is 0 Å². The van der Waals surface area contributed by atoms with Crippen molar-refractivity contribution < 1.29 is 14.3 Å². The zero-order chi connectivity index (χ0) is 18.9. The summed E-state index contributed by atoms with van der Waals surface area (Å²) in [5, 5.41) is 3.21. The SMILES string of the molecule is COc1ccc(C(=O)Nc2c(Cl)cncc2Cl)cc1OCCCCCN. The average Bonchev–Trinajstić information content (AvgIpc) is 2.64. The highest BCUT2D eigenvalue weighted by Gasteiger charge is 2.15. The molecule has 2 aromatic rings. The van der Waals surface area contributed by atoms with Gasteiger partial charge in [-0.05, 0) is 44.0 Å². The molecule has 1 aromatic heterocycles. The molecule has 1 aromatic carbocycles. The third kappa shape index (κ3) is 5.49. The number of nitrogens with zero attached hydrogens (tertiary/aromatic N) is 1. The zero-order valence-electron chi connectivity index (χ0n) is 14.4. The van der Waals surface area contributed by atoms with Crippen LogP contribution in [-0.2, 0) is 0 Å². The number of ether oxygens (including phenoxy) is 2. The van der Waals surface area contributed by atoms with E-state index in [0.717, 1.165) is 19.3 Å². The Morgan fingerprint density at radius 3 is 2.54 bits per heavy atom. The molecule has 3 N–H and O–H groups in total. The van der Waals surface area contributed by atoms with Gasteiger partial charge in [-0.25, -0.2) is 0 Å². The van der Waals surface area contributed by atoms with Crippen LogP contribution >= 0.6 is 23.2 Å². The monoisotopic (exact) mass is 397 g/mol. The smallest absolute Gasteiger partial charge is 0.255 e. The van der Waals surface area contributed by atoms with Gasteiger partial charge >= 0.3 is 0 Å². The number of hydrogen-bond donors (Lipinski definition) is 2. The van der Waals surface area contributed by atoms with E-state index in [1.165, 1.54) is 12.4 Å². The highest BCUT2D eigenvalue weighted by atomic mass is 35.5. The lowest BCUT2D eigenvalue weighted by Gasteiger charge is -2.13. The molecule has 140 valence electrons. The number of hydrogen-bond acceptors (Lipinski definition) is 5. The molecule has 0 unspecified atom stereocenters. The Morgan fingerprint density at radius 1 is 1.15 bits per heavy atom. The van der Waals surface area contributed by atoms with E-state index in [1.54, 1.807) is 25.3 Å². The highest BCUT2D eigenvalue weighted by Crippen LogP contribution is 2.31. The van der Waals surface area contributed by atoms with E-state index in [-0.39, 0.29) is 16.0 Å². The van der Waals surface area contributed by atoms with E-state index in [2.05, 4.69) is 10.3 Å². The first-order valence-corrected chi connectivity index (χ1v) is 8.93. The maximum absolute atomic E-state index is 12.5. The summed E-state index contributed by atoms with van der Waals surface area (Å²) in [6.45, 7) is 1.18. The van der Waals surface area contributed by atoms with Crippen LogP contribution in [-0.4, -0.2) is 31.2 Å². The van der Waals surface area contributed by atoms with Gasteiger partial charge in [-0.15, -0.1) is 0 Å². The number of rotatable bonds is 9. The van der Waals surface area contributed by atoms with Crippen LogP contribution in [0.3, 0.4) is 0 Å². The first-order chi connectivity index (χ1) is 12.6. The molecular formula is C18H21Cl2N3O3. The predicted molar refractivity (Wildman–Crippen MR) is 104 cm³/mol. The molecule has 0 saturated heterocycles. The molecule has 0 aliphatic carbocycles. The van der Waals surface area contributed by atoms with Gasteiger partial charge in [0, 0.05) is 18.0 Å². The summed E-state index contributed by atoms with van der Waals surface area (Å²) in [6, 6.07) is 4.94.